The van der Waals surface area contributed by atoms with Crippen LogP contribution in [0.15, 0.2) is 35.3 Å². The van der Waals surface area contributed by atoms with Crippen LogP contribution in [0.5, 0.6) is 0 Å². The van der Waals surface area contributed by atoms with Crippen LogP contribution in [-0.2, 0) is 11.2 Å². The molecule has 1 aromatic rings. The van der Waals surface area contributed by atoms with Crippen LogP contribution in [-0.4, -0.2) is 37.8 Å². The van der Waals surface area contributed by atoms with E-state index in [0.717, 1.165) is 25.3 Å². The molecule has 23 heavy (non-hydrogen) atoms. The predicted octanol–water partition coefficient (Wildman–Crippen LogP) is 2.74. The predicted molar refractivity (Wildman–Crippen MR) is 94.7 cm³/mol. The van der Waals surface area contributed by atoms with Crippen molar-refractivity contribution in [1.82, 2.24) is 10.6 Å². The first kappa shape index (κ1) is 16.3. The smallest absolute Gasteiger partial charge is 0.191 e. The van der Waals surface area contributed by atoms with Gasteiger partial charge < -0.3 is 15.4 Å². The summed E-state index contributed by atoms with van der Waals surface area (Å²) in [6, 6.07) is 11.1. The summed E-state index contributed by atoms with van der Waals surface area (Å²) >= 11 is 0. The number of guanidine groups is 1. The van der Waals surface area contributed by atoms with E-state index in [2.05, 4.69) is 59.8 Å². The van der Waals surface area contributed by atoms with Gasteiger partial charge in [-0.05, 0) is 36.7 Å². The number of nitrogens with one attached hydrogen (secondary N) is 2. The molecule has 0 aliphatic carbocycles. The second kappa shape index (κ2) is 6.91. The molecule has 2 fully saturated rings. The summed E-state index contributed by atoms with van der Waals surface area (Å²) in [5.74, 6) is 0.896. The summed E-state index contributed by atoms with van der Waals surface area (Å²) in [5.41, 5.74) is 1.55. The lowest BCUT2D eigenvalue weighted by Gasteiger charge is -2.28. The van der Waals surface area contributed by atoms with Crippen molar-refractivity contribution in [2.45, 2.75) is 57.8 Å². The van der Waals surface area contributed by atoms with E-state index in [9.17, 15) is 0 Å². The molecule has 126 valence electrons. The Hall–Kier alpha value is -1.55. The molecule has 0 radical (unpaired) electrons. The molecule has 0 spiro atoms. The van der Waals surface area contributed by atoms with E-state index in [4.69, 9.17) is 4.74 Å². The number of fused-ring (bicyclic) bond motifs is 2. The van der Waals surface area contributed by atoms with Gasteiger partial charge in [0.15, 0.2) is 5.96 Å². The van der Waals surface area contributed by atoms with Gasteiger partial charge in [0, 0.05) is 13.6 Å². The Morgan fingerprint density at radius 3 is 2.65 bits per heavy atom. The summed E-state index contributed by atoms with van der Waals surface area (Å²) < 4.78 is 5.91. The number of hydrogen-bond acceptors (Lipinski definition) is 2. The van der Waals surface area contributed by atoms with E-state index in [-0.39, 0.29) is 5.41 Å². The van der Waals surface area contributed by atoms with Crippen molar-refractivity contribution in [3.63, 3.8) is 0 Å². The highest BCUT2D eigenvalue weighted by Gasteiger charge is 2.41. The minimum atomic E-state index is 0.171. The fourth-order valence-corrected chi connectivity index (χ4v) is 3.69. The monoisotopic (exact) mass is 315 g/mol. The van der Waals surface area contributed by atoms with E-state index in [0.29, 0.717) is 18.2 Å². The van der Waals surface area contributed by atoms with Crippen LogP contribution >= 0.6 is 0 Å². The van der Waals surface area contributed by atoms with Crippen molar-refractivity contribution in [1.29, 1.82) is 0 Å². The maximum absolute atomic E-state index is 5.91. The quantitative estimate of drug-likeness (QED) is 0.649. The molecule has 2 N–H and O–H groups in total. The van der Waals surface area contributed by atoms with Gasteiger partial charge in [-0.25, -0.2) is 0 Å². The van der Waals surface area contributed by atoms with Gasteiger partial charge >= 0.3 is 0 Å². The summed E-state index contributed by atoms with van der Waals surface area (Å²) in [6.07, 6.45) is 5.40. The first-order valence-electron chi connectivity index (χ1n) is 8.72. The van der Waals surface area contributed by atoms with Gasteiger partial charge in [-0.1, -0.05) is 44.2 Å². The zero-order valence-electron chi connectivity index (χ0n) is 14.5. The zero-order valence-corrected chi connectivity index (χ0v) is 14.5. The van der Waals surface area contributed by atoms with Gasteiger partial charge in [-0.3, -0.25) is 4.99 Å². The number of rotatable bonds is 5. The summed E-state index contributed by atoms with van der Waals surface area (Å²) in [5, 5.41) is 7.05. The molecule has 1 aromatic carbocycles. The highest BCUT2D eigenvalue weighted by Crippen LogP contribution is 2.34. The molecule has 0 aromatic heterocycles. The molecule has 0 amide bonds. The van der Waals surface area contributed by atoms with Gasteiger partial charge in [-0.2, -0.15) is 0 Å². The normalized spacial score (nSPS) is 27.3. The van der Waals surface area contributed by atoms with Crippen LogP contribution in [0, 0.1) is 5.41 Å². The van der Waals surface area contributed by atoms with E-state index in [1.54, 1.807) is 0 Å². The third-order valence-electron chi connectivity index (χ3n) is 4.91. The lowest BCUT2D eigenvalue weighted by Crippen LogP contribution is -2.49. The average molecular weight is 315 g/mol. The SMILES string of the molecule is CN=C(NCC(C)(C)Cc1ccccc1)NC1CC2CCC1O2. The third-order valence-corrected chi connectivity index (χ3v) is 4.91. The molecule has 3 rings (SSSR count). The maximum atomic E-state index is 5.91. The molecule has 2 heterocycles. The van der Waals surface area contributed by atoms with Crippen LogP contribution in [0.1, 0.15) is 38.7 Å². The van der Waals surface area contributed by atoms with Crippen molar-refractivity contribution in [2.75, 3.05) is 13.6 Å². The average Bonchev–Trinajstić information content (AvgIpc) is 3.14. The van der Waals surface area contributed by atoms with E-state index < -0.39 is 0 Å². The molecule has 2 bridgehead atoms. The second-order valence-electron chi connectivity index (χ2n) is 7.61. The Kier molecular flexibility index (Phi) is 4.90. The van der Waals surface area contributed by atoms with Gasteiger partial charge in [0.2, 0.25) is 0 Å². The standard InChI is InChI=1S/C19H29N3O/c1-19(2,12-14-7-5-4-6-8-14)13-21-18(20-3)22-16-11-15-9-10-17(16)23-15/h4-8,15-17H,9-13H2,1-3H3,(H2,20,21,22). The van der Waals surface area contributed by atoms with Gasteiger partial charge in [0.05, 0.1) is 18.2 Å². The zero-order chi connectivity index (χ0) is 16.3. The van der Waals surface area contributed by atoms with Crippen molar-refractivity contribution >= 4 is 5.96 Å². The van der Waals surface area contributed by atoms with Crippen LogP contribution < -0.4 is 10.6 Å². The number of aliphatic imine (C=N–C) groups is 1. The minimum Gasteiger partial charge on any atom is -0.373 e. The lowest BCUT2D eigenvalue weighted by atomic mass is 9.86. The molecule has 4 heteroatoms. The van der Waals surface area contributed by atoms with Gasteiger partial charge in [0.1, 0.15) is 0 Å². The summed E-state index contributed by atoms with van der Waals surface area (Å²) in [6.45, 7) is 5.48. The topological polar surface area (TPSA) is 45.7 Å². The molecule has 0 saturated carbocycles. The van der Waals surface area contributed by atoms with Crippen LogP contribution in [0.3, 0.4) is 0 Å². The first-order valence-corrected chi connectivity index (χ1v) is 8.72. The van der Waals surface area contributed by atoms with Crippen molar-refractivity contribution in [3.05, 3.63) is 35.9 Å². The second-order valence-corrected chi connectivity index (χ2v) is 7.61. The fourth-order valence-electron chi connectivity index (χ4n) is 3.69. The molecule has 2 aliphatic heterocycles. The highest BCUT2D eigenvalue weighted by atomic mass is 16.5. The van der Waals surface area contributed by atoms with Gasteiger partial charge in [-0.15, -0.1) is 0 Å². The van der Waals surface area contributed by atoms with Crippen molar-refractivity contribution in [2.24, 2.45) is 10.4 Å². The Balaban J connectivity index is 1.49. The molecular formula is C19H29N3O. The van der Waals surface area contributed by atoms with Crippen molar-refractivity contribution in [3.8, 4) is 0 Å². The Bertz CT molecular complexity index is 541. The van der Waals surface area contributed by atoms with Crippen LogP contribution in [0.2, 0.25) is 0 Å². The molecule has 4 nitrogen and oxygen atoms in total. The van der Waals surface area contributed by atoms with Crippen LogP contribution in [0.25, 0.3) is 0 Å². The Morgan fingerprint density at radius 1 is 1.26 bits per heavy atom. The maximum Gasteiger partial charge on any atom is 0.191 e. The molecule has 3 atom stereocenters. The number of ether oxygens (including phenoxy) is 1. The van der Waals surface area contributed by atoms with E-state index in [1.165, 1.54) is 18.4 Å². The van der Waals surface area contributed by atoms with E-state index in [1.807, 2.05) is 7.05 Å². The summed E-state index contributed by atoms with van der Waals surface area (Å²) in [7, 11) is 1.84. The minimum absolute atomic E-state index is 0.171. The van der Waals surface area contributed by atoms with Gasteiger partial charge in [0.25, 0.3) is 0 Å². The van der Waals surface area contributed by atoms with Crippen molar-refractivity contribution < 1.29 is 4.74 Å². The largest absolute Gasteiger partial charge is 0.373 e. The molecule has 2 aliphatic rings. The fraction of sp³-hybridized carbons (Fsp3) is 0.632. The van der Waals surface area contributed by atoms with Crippen LogP contribution in [0.4, 0.5) is 0 Å². The number of benzene rings is 1. The van der Waals surface area contributed by atoms with E-state index >= 15 is 0 Å². The number of hydrogen-bond donors (Lipinski definition) is 2. The summed E-state index contributed by atoms with van der Waals surface area (Å²) in [4.78, 5) is 4.38. The Labute approximate surface area is 139 Å². The molecule has 2 saturated heterocycles. The Morgan fingerprint density at radius 2 is 2.04 bits per heavy atom. The number of nitrogens with zero attached hydrogens (tertiary/aromatic N) is 1. The molecular weight excluding hydrogens is 286 g/mol. The third kappa shape index (κ3) is 4.25. The highest BCUT2D eigenvalue weighted by molar-refractivity contribution is 5.80. The first-order chi connectivity index (χ1) is 11.1. The molecule has 3 unspecified atom stereocenters. The lowest BCUT2D eigenvalue weighted by molar-refractivity contribution is 0.0992.